The molecule has 0 spiro atoms. The minimum absolute atomic E-state index is 2.59. The van der Waals surface area contributed by atoms with Gasteiger partial charge in [0.05, 0.1) is 0 Å². The van der Waals surface area contributed by atoms with Crippen molar-refractivity contribution in [3.8, 4) is 0 Å². The smallest absolute Gasteiger partial charge is 0.204 e. The van der Waals surface area contributed by atoms with Crippen LogP contribution in [0.1, 0.15) is 0 Å². The van der Waals surface area contributed by atoms with Gasteiger partial charge >= 0.3 is 0 Å². The van der Waals surface area contributed by atoms with E-state index in [9.17, 15) is 5.11 Å². The van der Waals surface area contributed by atoms with E-state index in [4.69, 9.17) is 174 Å². The standard InChI is InChI=1S/C7Cl15O/c8-1(9,2(10,11)4(14,15)6(17,18)19)3(12,13)5(16,23)7(20,21)22. The maximum absolute atomic E-state index is 12.5. The molecular formula is C7Cl15O. The van der Waals surface area contributed by atoms with Gasteiger partial charge in [0.1, 0.15) is 0 Å². The molecular weight excluding hydrogens is 632 g/mol. The predicted octanol–water partition coefficient (Wildman–Crippen LogP) is 8.79. The molecule has 16 heteroatoms. The first-order chi connectivity index (χ1) is 9.50. The van der Waals surface area contributed by atoms with E-state index < -0.39 is 30.0 Å². The lowest BCUT2D eigenvalue weighted by Gasteiger charge is -2.51. The van der Waals surface area contributed by atoms with E-state index in [1.165, 1.54) is 0 Å². The Balaban J connectivity index is 6.37. The summed E-state index contributed by atoms with van der Waals surface area (Å²) in [5.41, 5.74) is 0. The molecule has 0 saturated carbocycles. The van der Waals surface area contributed by atoms with Crippen LogP contribution < -0.4 is 0 Å². The monoisotopic (exact) mass is 625 g/mol. The van der Waals surface area contributed by atoms with Crippen LogP contribution in [0.2, 0.25) is 0 Å². The largest absolute Gasteiger partial charge is 0.258 e. The Morgan fingerprint density at radius 2 is 0.609 bits per heavy atom. The van der Waals surface area contributed by atoms with Gasteiger partial charge in [-0.3, -0.25) is 0 Å². The summed E-state index contributed by atoms with van der Waals surface area (Å²) < 4.78 is -17.3. The van der Waals surface area contributed by atoms with Crippen LogP contribution in [0.15, 0.2) is 0 Å². The van der Waals surface area contributed by atoms with Crippen LogP contribution in [-0.4, -0.2) is 30.0 Å². The average molecular weight is 632 g/mol. The van der Waals surface area contributed by atoms with E-state index in [-0.39, 0.29) is 0 Å². The molecule has 0 aromatic heterocycles. The minimum atomic E-state index is -3.41. The maximum atomic E-state index is 12.5. The SMILES string of the molecule is [O]C(Cl)(C(Cl)(Cl)Cl)C(Cl)(Cl)C(Cl)(Cl)C(Cl)(Cl)C(Cl)(Cl)C(Cl)(Cl)Cl. The van der Waals surface area contributed by atoms with Crippen LogP contribution in [0, 0.1) is 0 Å². The van der Waals surface area contributed by atoms with Crippen LogP contribution in [0.3, 0.4) is 0 Å². The summed E-state index contributed by atoms with van der Waals surface area (Å²) in [6.07, 6.45) is 0. The van der Waals surface area contributed by atoms with Crippen molar-refractivity contribution in [2.24, 2.45) is 0 Å². The zero-order chi connectivity index (χ0) is 19.5. The third-order valence-electron chi connectivity index (χ3n) is 2.31. The van der Waals surface area contributed by atoms with Gasteiger partial charge in [-0.25, -0.2) is 5.11 Å². The Labute approximate surface area is 206 Å². The lowest BCUT2D eigenvalue weighted by molar-refractivity contribution is 0.0296. The zero-order valence-electron chi connectivity index (χ0n) is 9.58. The van der Waals surface area contributed by atoms with Crippen molar-refractivity contribution in [2.45, 2.75) is 30.0 Å². The molecule has 1 nitrogen and oxygen atoms in total. The highest BCUT2D eigenvalue weighted by atomic mass is 35.6. The molecule has 0 aliphatic carbocycles. The first kappa shape index (κ1) is 27.3. The molecule has 0 aliphatic heterocycles. The summed E-state index contributed by atoms with van der Waals surface area (Å²) in [5.74, 6) is 0. The van der Waals surface area contributed by atoms with Crippen molar-refractivity contribution in [1.29, 1.82) is 0 Å². The quantitative estimate of drug-likeness (QED) is 0.277. The van der Waals surface area contributed by atoms with Gasteiger partial charge in [-0.2, -0.15) is 0 Å². The summed E-state index contributed by atoms with van der Waals surface area (Å²) in [6.45, 7) is 0. The van der Waals surface area contributed by atoms with Crippen molar-refractivity contribution < 1.29 is 5.11 Å². The molecule has 0 amide bonds. The molecule has 139 valence electrons. The van der Waals surface area contributed by atoms with E-state index in [0.29, 0.717) is 0 Å². The summed E-state index contributed by atoms with van der Waals surface area (Å²) in [4.78, 5) is 0. The maximum Gasteiger partial charge on any atom is 0.258 e. The second-order valence-corrected chi connectivity index (χ2v) is 14.3. The molecule has 0 bridgehead atoms. The van der Waals surface area contributed by atoms with Gasteiger partial charge in [0.15, 0.2) is 8.67 Å². The Hall–Kier alpha value is 4.31. The number of alkyl halides is 15. The van der Waals surface area contributed by atoms with Crippen molar-refractivity contribution in [2.75, 3.05) is 0 Å². The highest BCUT2D eigenvalue weighted by molar-refractivity contribution is 6.82. The number of hydrogen-bond acceptors (Lipinski definition) is 0. The normalized spacial score (nSPS) is 18.8. The fraction of sp³-hybridized carbons (Fsp3) is 1.00. The zero-order valence-corrected chi connectivity index (χ0v) is 20.9. The van der Waals surface area contributed by atoms with Gasteiger partial charge in [0, 0.05) is 0 Å². The molecule has 1 atom stereocenters. The van der Waals surface area contributed by atoms with Gasteiger partial charge in [-0.1, -0.05) is 174 Å². The summed E-state index contributed by atoms with van der Waals surface area (Å²) >= 11 is 85.7. The lowest BCUT2D eigenvalue weighted by Crippen LogP contribution is -2.68. The Morgan fingerprint density at radius 1 is 0.348 bits per heavy atom. The fourth-order valence-electron chi connectivity index (χ4n) is 0.952. The molecule has 0 saturated heterocycles. The minimum Gasteiger partial charge on any atom is -0.204 e. The van der Waals surface area contributed by atoms with Crippen LogP contribution in [0.5, 0.6) is 0 Å². The number of hydrogen-bond donors (Lipinski definition) is 0. The fourth-order valence-corrected chi connectivity index (χ4v) is 4.98. The van der Waals surface area contributed by atoms with Gasteiger partial charge in [0.2, 0.25) is 16.3 Å². The highest BCUT2D eigenvalue weighted by Crippen LogP contribution is 2.70. The van der Waals surface area contributed by atoms with E-state index >= 15 is 0 Å². The Bertz CT molecular complexity index is 400. The number of halogens is 15. The van der Waals surface area contributed by atoms with Crippen molar-refractivity contribution in [3.63, 3.8) is 0 Å². The predicted molar refractivity (Wildman–Crippen MR) is 108 cm³/mol. The lowest BCUT2D eigenvalue weighted by atomic mass is 10.1. The van der Waals surface area contributed by atoms with Crippen molar-refractivity contribution >= 4 is 174 Å². The molecule has 0 heterocycles. The molecule has 0 aromatic carbocycles. The van der Waals surface area contributed by atoms with E-state index in [1.54, 1.807) is 0 Å². The van der Waals surface area contributed by atoms with Crippen LogP contribution in [-0.2, 0) is 5.11 Å². The molecule has 23 heavy (non-hydrogen) atoms. The second-order valence-electron chi connectivity index (χ2n) is 3.89. The van der Waals surface area contributed by atoms with Crippen LogP contribution >= 0.6 is 174 Å². The Morgan fingerprint density at radius 3 is 0.826 bits per heavy atom. The third kappa shape index (κ3) is 4.57. The van der Waals surface area contributed by atoms with Gasteiger partial charge in [-0.15, -0.1) is 0 Å². The Kier molecular flexibility index (Phi) is 9.33. The highest BCUT2D eigenvalue weighted by Gasteiger charge is 2.80. The second kappa shape index (κ2) is 7.86. The summed E-state index contributed by atoms with van der Waals surface area (Å²) in [6, 6.07) is 0. The van der Waals surface area contributed by atoms with E-state index in [1.807, 2.05) is 0 Å². The molecule has 0 rings (SSSR count). The van der Waals surface area contributed by atoms with Crippen LogP contribution in [0.4, 0.5) is 0 Å². The molecule has 0 aromatic rings. The summed E-state index contributed by atoms with van der Waals surface area (Å²) in [7, 11) is 0. The van der Waals surface area contributed by atoms with Gasteiger partial charge in [0.25, 0.3) is 5.06 Å². The average Bonchev–Trinajstić information content (AvgIpc) is 2.24. The first-order valence-electron chi connectivity index (χ1n) is 4.54. The third-order valence-corrected chi connectivity index (χ3v) is 11.2. The molecule has 1 unspecified atom stereocenters. The van der Waals surface area contributed by atoms with Crippen molar-refractivity contribution in [1.82, 2.24) is 0 Å². The molecule has 1 radical (unpaired) electrons. The van der Waals surface area contributed by atoms with Gasteiger partial charge < -0.3 is 0 Å². The van der Waals surface area contributed by atoms with Crippen LogP contribution in [0.25, 0.3) is 0 Å². The molecule has 0 fully saturated rings. The number of rotatable bonds is 4. The van der Waals surface area contributed by atoms with E-state index in [2.05, 4.69) is 0 Å². The van der Waals surface area contributed by atoms with Gasteiger partial charge in [-0.05, 0) is 0 Å². The first-order valence-corrected chi connectivity index (χ1v) is 10.2. The molecule has 0 aliphatic rings. The van der Waals surface area contributed by atoms with E-state index in [0.717, 1.165) is 0 Å². The van der Waals surface area contributed by atoms with Crippen molar-refractivity contribution in [3.05, 3.63) is 0 Å². The topological polar surface area (TPSA) is 19.9 Å². The molecule has 0 N–H and O–H groups in total. The summed E-state index contributed by atoms with van der Waals surface area (Å²) in [5, 5.41) is 9.04.